The molecule has 1 aliphatic heterocycles. The standard InChI is InChI=1S/C23H29ClFN7O4S/c1-23(2,34)20(25)12-28-22(33)17-10-26-18(16-11-29-32-13-14(24)9-27-21(16)32)8-19(17)30-15-4-6-31(7-5-15)37(3,35)36/h8-11,13,15,20,34H,4-7,12H2,1-3H3,(H,26,30)(H,28,33)/t20-/m1/s1. The zero-order valence-electron chi connectivity index (χ0n) is 20.6. The predicted octanol–water partition coefficient (Wildman–Crippen LogP) is 2.12. The minimum absolute atomic E-state index is 0.106. The van der Waals surface area contributed by atoms with Crippen molar-refractivity contribution in [3.63, 3.8) is 0 Å². The van der Waals surface area contributed by atoms with E-state index in [0.29, 0.717) is 53.5 Å². The lowest BCUT2D eigenvalue weighted by Crippen LogP contribution is -2.43. The first-order valence-corrected chi connectivity index (χ1v) is 13.9. The van der Waals surface area contributed by atoms with Gasteiger partial charge in [-0.15, -0.1) is 0 Å². The number of carbonyl (C=O) groups is 1. The Morgan fingerprint density at radius 1 is 1.27 bits per heavy atom. The van der Waals surface area contributed by atoms with E-state index in [4.69, 9.17) is 11.6 Å². The molecule has 0 saturated carbocycles. The molecular weight excluding hydrogens is 525 g/mol. The second-order valence-corrected chi connectivity index (χ2v) is 12.0. The van der Waals surface area contributed by atoms with Gasteiger partial charge in [0.2, 0.25) is 10.0 Å². The van der Waals surface area contributed by atoms with E-state index in [1.54, 1.807) is 18.5 Å². The van der Waals surface area contributed by atoms with Crippen LogP contribution in [0.2, 0.25) is 5.02 Å². The molecule has 0 bridgehead atoms. The highest BCUT2D eigenvalue weighted by molar-refractivity contribution is 7.88. The van der Waals surface area contributed by atoms with E-state index in [-0.39, 0.29) is 18.2 Å². The SMILES string of the molecule is CC(C)(O)[C@H](F)CNC(=O)c1cnc(-c2cnn3cc(Cl)cnc23)cc1NC1CCN(S(C)(=O)=O)CC1. The molecule has 200 valence electrons. The van der Waals surface area contributed by atoms with Gasteiger partial charge in [0, 0.05) is 31.5 Å². The van der Waals surface area contributed by atoms with Gasteiger partial charge in [0.05, 0.1) is 58.3 Å². The van der Waals surface area contributed by atoms with Crippen LogP contribution in [-0.4, -0.2) is 87.0 Å². The molecule has 1 aliphatic rings. The van der Waals surface area contributed by atoms with E-state index in [2.05, 4.69) is 25.7 Å². The summed E-state index contributed by atoms with van der Waals surface area (Å²) in [6.45, 7) is 2.98. The van der Waals surface area contributed by atoms with Crippen LogP contribution in [0.3, 0.4) is 0 Å². The molecule has 3 N–H and O–H groups in total. The summed E-state index contributed by atoms with van der Waals surface area (Å²) in [6, 6.07) is 1.58. The summed E-state index contributed by atoms with van der Waals surface area (Å²) in [5.74, 6) is -0.563. The third-order valence-corrected chi connectivity index (χ3v) is 7.74. The lowest BCUT2D eigenvalue weighted by Gasteiger charge is -2.31. The van der Waals surface area contributed by atoms with Crippen molar-refractivity contribution in [2.75, 3.05) is 31.2 Å². The van der Waals surface area contributed by atoms with Gasteiger partial charge < -0.3 is 15.7 Å². The van der Waals surface area contributed by atoms with Crippen LogP contribution in [-0.2, 0) is 10.0 Å². The van der Waals surface area contributed by atoms with Crippen LogP contribution in [0.1, 0.15) is 37.0 Å². The Hall–Kier alpha value is -2.87. The predicted molar refractivity (Wildman–Crippen MR) is 138 cm³/mol. The number of pyridine rings is 1. The average Bonchev–Trinajstić information content (AvgIpc) is 3.24. The first-order chi connectivity index (χ1) is 17.3. The number of sulfonamides is 1. The summed E-state index contributed by atoms with van der Waals surface area (Å²) in [4.78, 5) is 21.8. The maximum absolute atomic E-state index is 14.2. The van der Waals surface area contributed by atoms with Crippen LogP contribution in [0.25, 0.3) is 16.9 Å². The fourth-order valence-electron chi connectivity index (χ4n) is 4.01. The molecule has 11 nitrogen and oxygen atoms in total. The van der Waals surface area contributed by atoms with Crippen LogP contribution in [0, 0.1) is 0 Å². The highest BCUT2D eigenvalue weighted by atomic mass is 35.5. The van der Waals surface area contributed by atoms with Gasteiger partial charge in [-0.1, -0.05) is 11.6 Å². The Labute approximate surface area is 219 Å². The molecule has 4 heterocycles. The summed E-state index contributed by atoms with van der Waals surface area (Å²) in [5, 5.41) is 20.4. The summed E-state index contributed by atoms with van der Waals surface area (Å²) < 4.78 is 40.9. The zero-order chi connectivity index (χ0) is 27.0. The van der Waals surface area contributed by atoms with Crippen molar-refractivity contribution in [3.05, 3.63) is 41.4 Å². The van der Waals surface area contributed by atoms with Crippen LogP contribution < -0.4 is 10.6 Å². The fraction of sp³-hybridized carbons (Fsp3) is 0.478. The van der Waals surface area contributed by atoms with Gasteiger partial charge >= 0.3 is 0 Å². The second-order valence-electron chi connectivity index (χ2n) is 9.63. The fourth-order valence-corrected chi connectivity index (χ4v) is 5.03. The molecule has 0 aromatic carbocycles. The molecule has 14 heteroatoms. The Morgan fingerprint density at radius 3 is 2.62 bits per heavy atom. The van der Waals surface area contributed by atoms with Gasteiger partial charge in [0.15, 0.2) is 5.65 Å². The maximum Gasteiger partial charge on any atom is 0.255 e. The average molecular weight is 554 g/mol. The van der Waals surface area contributed by atoms with Gasteiger partial charge in [-0.2, -0.15) is 5.10 Å². The number of fused-ring (bicyclic) bond motifs is 1. The number of hydrogen-bond acceptors (Lipinski definition) is 8. The first kappa shape index (κ1) is 27.2. The third kappa shape index (κ3) is 6.35. The molecule has 1 saturated heterocycles. The van der Waals surface area contributed by atoms with Crippen molar-refractivity contribution < 1.29 is 22.7 Å². The van der Waals surface area contributed by atoms with Gasteiger partial charge in [-0.25, -0.2) is 26.6 Å². The molecule has 0 radical (unpaired) electrons. The van der Waals surface area contributed by atoms with Gasteiger partial charge in [0.25, 0.3) is 5.91 Å². The summed E-state index contributed by atoms with van der Waals surface area (Å²) >= 11 is 6.00. The molecule has 1 atom stereocenters. The van der Waals surface area contributed by atoms with Gasteiger partial charge in [-0.3, -0.25) is 9.78 Å². The van der Waals surface area contributed by atoms with E-state index in [0.717, 1.165) is 0 Å². The Morgan fingerprint density at radius 2 is 1.97 bits per heavy atom. The zero-order valence-corrected chi connectivity index (χ0v) is 22.2. The number of nitrogens with one attached hydrogen (secondary N) is 2. The Kier molecular flexibility index (Phi) is 7.70. The van der Waals surface area contributed by atoms with Crippen molar-refractivity contribution in [2.45, 2.75) is 44.5 Å². The van der Waals surface area contributed by atoms with E-state index in [9.17, 15) is 22.7 Å². The lowest BCUT2D eigenvalue weighted by molar-refractivity contribution is -0.00177. The van der Waals surface area contributed by atoms with Crippen LogP contribution in [0.15, 0.2) is 30.9 Å². The van der Waals surface area contributed by atoms with Gasteiger partial charge in [-0.05, 0) is 32.8 Å². The number of piperidine rings is 1. The minimum atomic E-state index is -3.28. The largest absolute Gasteiger partial charge is 0.387 e. The molecule has 37 heavy (non-hydrogen) atoms. The second kappa shape index (κ2) is 10.5. The number of alkyl halides is 1. The number of halogens is 2. The molecule has 0 aliphatic carbocycles. The van der Waals surface area contributed by atoms with Crippen molar-refractivity contribution in [2.24, 2.45) is 0 Å². The molecule has 0 unspecified atom stereocenters. The van der Waals surface area contributed by atoms with Crippen molar-refractivity contribution in [3.8, 4) is 11.3 Å². The van der Waals surface area contributed by atoms with E-state index < -0.39 is 27.7 Å². The first-order valence-electron chi connectivity index (χ1n) is 11.7. The highest BCUT2D eigenvalue weighted by Crippen LogP contribution is 2.28. The highest BCUT2D eigenvalue weighted by Gasteiger charge is 2.29. The molecular formula is C23H29ClFN7O4S. The maximum atomic E-state index is 14.2. The third-order valence-electron chi connectivity index (χ3n) is 6.24. The molecule has 1 fully saturated rings. The van der Waals surface area contributed by atoms with Crippen molar-refractivity contribution >= 4 is 38.9 Å². The molecule has 0 spiro atoms. The quantitative estimate of drug-likeness (QED) is 0.385. The van der Waals surface area contributed by atoms with Crippen molar-refractivity contribution in [1.29, 1.82) is 0 Å². The van der Waals surface area contributed by atoms with E-state index >= 15 is 0 Å². The Balaban J connectivity index is 1.62. The van der Waals surface area contributed by atoms with Gasteiger partial charge in [0.1, 0.15) is 6.17 Å². The minimum Gasteiger partial charge on any atom is -0.387 e. The monoisotopic (exact) mass is 553 g/mol. The van der Waals surface area contributed by atoms with Crippen LogP contribution in [0.4, 0.5) is 10.1 Å². The molecule has 3 aromatic rings. The number of aliphatic hydroxyl groups is 1. The summed E-state index contributed by atoms with van der Waals surface area (Å²) in [5.41, 5.74) is 0.661. The van der Waals surface area contributed by atoms with Crippen LogP contribution >= 0.6 is 11.6 Å². The van der Waals surface area contributed by atoms with Crippen LogP contribution in [0.5, 0.6) is 0 Å². The number of rotatable bonds is 8. The molecule has 1 amide bonds. The lowest BCUT2D eigenvalue weighted by atomic mass is 10.0. The number of aromatic nitrogens is 4. The summed E-state index contributed by atoms with van der Waals surface area (Å²) in [7, 11) is -3.28. The number of amides is 1. The van der Waals surface area contributed by atoms with Crippen molar-refractivity contribution in [1.82, 2.24) is 29.2 Å². The number of nitrogens with zero attached hydrogens (tertiary/aromatic N) is 5. The van der Waals surface area contributed by atoms with E-state index in [1.165, 1.54) is 41.3 Å². The normalized spacial score (nSPS) is 16.6. The molecule has 3 aromatic heterocycles. The smallest absolute Gasteiger partial charge is 0.255 e. The number of carbonyl (C=O) groups excluding carboxylic acids is 1. The number of hydrogen-bond donors (Lipinski definition) is 3. The Bertz CT molecular complexity index is 1400. The molecule has 4 rings (SSSR count). The summed E-state index contributed by atoms with van der Waals surface area (Å²) in [6.07, 6.45) is 6.66. The van der Waals surface area contributed by atoms with E-state index in [1.807, 2.05) is 0 Å². The number of anilines is 1. The topological polar surface area (TPSA) is 142 Å².